The van der Waals surface area contributed by atoms with Crippen LogP contribution in [0, 0.1) is 0 Å². The highest BCUT2D eigenvalue weighted by atomic mass is 31.2. The molecule has 0 spiro atoms. The Morgan fingerprint density at radius 2 is 1.55 bits per heavy atom. The van der Waals surface area contributed by atoms with Crippen molar-refractivity contribution in [1.29, 1.82) is 0 Å². The van der Waals surface area contributed by atoms with Gasteiger partial charge in [0.1, 0.15) is 12.9 Å². The molecule has 0 amide bonds. The topological polar surface area (TPSA) is 37.3 Å². The maximum Gasteiger partial charge on any atom is 0.124 e. The van der Waals surface area contributed by atoms with Crippen molar-refractivity contribution in [2.45, 2.75) is 12.6 Å². The summed E-state index contributed by atoms with van der Waals surface area (Å²) in [6.45, 7) is 0. The second kappa shape index (κ2) is 5.30. The van der Waals surface area contributed by atoms with Gasteiger partial charge in [-0.2, -0.15) is 0 Å². The molecular formula is C17H17O2P. The van der Waals surface area contributed by atoms with Gasteiger partial charge in [-0.15, -0.1) is 0 Å². The van der Waals surface area contributed by atoms with Crippen LogP contribution in [-0.2, 0) is 10.7 Å². The standard InChI is InChI=1S/C17H17O2P/c18-16-11-12-20(19,13-14-7-3-1-4-8-14)17(16)15-9-5-2-6-10-15/h1-10,18H,11-13H2/t20-/m1/s1. The van der Waals surface area contributed by atoms with Gasteiger partial charge in [-0.05, 0) is 11.1 Å². The van der Waals surface area contributed by atoms with Crippen molar-refractivity contribution in [3.8, 4) is 0 Å². The lowest BCUT2D eigenvalue weighted by molar-refractivity contribution is 0.402. The molecule has 102 valence electrons. The summed E-state index contributed by atoms with van der Waals surface area (Å²) >= 11 is 0. The van der Waals surface area contributed by atoms with Gasteiger partial charge < -0.3 is 9.67 Å². The second-order valence-electron chi connectivity index (χ2n) is 5.17. The van der Waals surface area contributed by atoms with E-state index in [0.29, 0.717) is 29.8 Å². The zero-order valence-electron chi connectivity index (χ0n) is 11.2. The zero-order valence-corrected chi connectivity index (χ0v) is 12.1. The van der Waals surface area contributed by atoms with Gasteiger partial charge in [0.25, 0.3) is 0 Å². The van der Waals surface area contributed by atoms with Crippen LogP contribution in [0.4, 0.5) is 0 Å². The molecule has 1 aliphatic heterocycles. The fraction of sp³-hybridized carbons (Fsp3) is 0.176. The van der Waals surface area contributed by atoms with Crippen molar-refractivity contribution in [2.24, 2.45) is 0 Å². The largest absolute Gasteiger partial charge is 0.512 e. The molecule has 2 aromatic carbocycles. The lowest BCUT2D eigenvalue weighted by Crippen LogP contribution is -1.92. The number of hydrogen-bond donors (Lipinski definition) is 1. The SMILES string of the molecule is O=[P@@]1(Cc2ccccc2)CCC(O)=C1c1ccccc1. The predicted molar refractivity (Wildman–Crippen MR) is 83.2 cm³/mol. The van der Waals surface area contributed by atoms with Crippen LogP contribution in [0.15, 0.2) is 66.4 Å². The van der Waals surface area contributed by atoms with E-state index >= 15 is 0 Å². The highest BCUT2D eigenvalue weighted by Gasteiger charge is 2.36. The lowest BCUT2D eigenvalue weighted by atomic mass is 10.2. The van der Waals surface area contributed by atoms with E-state index in [2.05, 4.69) is 0 Å². The average Bonchev–Trinajstić information content (AvgIpc) is 2.76. The van der Waals surface area contributed by atoms with Crippen LogP contribution in [0.2, 0.25) is 0 Å². The lowest BCUT2D eigenvalue weighted by Gasteiger charge is -2.16. The van der Waals surface area contributed by atoms with Crippen molar-refractivity contribution < 1.29 is 9.67 Å². The van der Waals surface area contributed by atoms with Crippen LogP contribution in [0.25, 0.3) is 5.31 Å². The summed E-state index contributed by atoms with van der Waals surface area (Å²) in [5, 5.41) is 10.8. The van der Waals surface area contributed by atoms with Gasteiger partial charge in [-0.3, -0.25) is 0 Å². The van der Waals surface area contributed by atoms with Crippen LogP contribution < -0.4 is 0 Å². The van der Waals surface area contributed by atoms with Gasteiger partial charge >= 0.3 is 0 Å². The molecule has 0 bridgehead atoms. The molecule has 0 fully saturated rings. The molecule has 2 nitrogen and oxygen atoms in total. The summed E-state index contributed by atoms with van der Waals surface area (Å²) in [6, 6.07) is 19.5. The van der Waals surface area contributed by atoms with E-state index in [9.17, 15) is 9.67 Å². The molecule has 3 heteroatoms. The minimum absolute atomic E-state index is 0.301. The highest BCUT2D eigenvalue weighted by Crippen LogP contribution is 2.66. The Hall–Kier alpha value is -1.79. The summed E-state index contributed by atoms with van der Waals surface area (Å²) in [4.78, 5) is 0. The third-order valence-electron chi connectivity index (χ3n) is 3.72. The minimum atomic E-state index is -2.55. The van der Waals surface area contributed by atoms with E-state index in [1.807, 2.05) is 60.7 Å². The minimum Gasteiger partial charge on any atom is -0.512 e. The zero-order chi connectivity index (χ0) is 14.0. The molecule has 0 aromatic heterocycles. The number of aliphatic hydroxyl groups excluding tert-OH is 1. The first kappa shape index (κ1) is 13.2. The molecular weight excluding hydrogens is 267 g/mol. The van der Waals surface area contributed by atoms with Crippen molar-refractivity contribution in [2.75, 3.05) is 6.16 Å². The first-order chi connectivity index (χ1) is 9.69. The van der Waals surface area contributed by atoms with Crippen LogP contribution in [0.3, 0.4) is 0 Å². The second-order valence-corrected chi connectivity index (χ2v) is 8.16. The van der Waals surface area contributed by atoms with Crippen molar-refractivity contribution in [1.82, 2.24) is 0 Å². The Labute approximate surface area is 119 Å². The monoisotopic (exact) mass is 284 g/mol. The van der Waals surface area contributed by atoms with E-state index in [0.717, 1.165) is 11.1 Å². The van der Waals surface area contributed by atoms with E-state index in [1.54, 1.807) is 0 Å². The summed E-state index contributed by atoms with van der Waals surface area (Å²) in [5.41, 5.74) is 1.96. The summed E-state index contributed by atoms with van der Waals surface area (Å²) in [7, 11) is -2.55. The van der Waals surface area contributed by atoms with Gasteiger partial charge in [0.2, 0.25) is 0 Å². The molecule has 1 aliphatic rings. The molecule has 2 aromatic rings. The van der Waals surface area contributed by atoms with Gasteiger partial charge in [0.15, 0.2) is 0 Å². The third-order valence-corrected chi connectivity index (χ3v) is 6.87. The van der Waals surface area contributed by atoms with E-state index in [-0.39, 0.29) is 0 Å². The first-order valence-electron chi connectivity index (χ1n) is 6.79. The van der Waals surface area contributed by atoms with Crippen molar-refractivity contribution in [3.05, 3.63) is 77.5 Å². The summed E-state index contributed by atoms with van der Waals surface area (Å²) in [6.07, 6.45) is 1.62. The molecule has 3 rings (SSSR count). The molecule has 1 heterocycles. The van der Waals surface area contributed by atoms with Gasteiger partial charge in [0.05, 0.1) is 5.31 Å². The third kappa shape index (κ3) is 2.44. The van der Waals surface area contributed by atoms with E-state index < -0.39 is 7.14 Å². The van der Waals surface area contributed by atoms with Crippen molar-refractivity contribution >= 4 is 12.5 Å². The maximum absolute atomic E-state index is 13.3. The number of aliphatic hydroxyl groups is 1. The molecule has 0 aliphatic carbocycles. The average molecular weight is 284 g/mol. The normalized spacial score (nSPS) is 22.2. The smallest absolute Gasteiger partial charge is 0.124 e. The molecule has 0 radical (unpaired) electrons. The number of hydrogen-bond acceptors (Lipinski definition) is 2. The fourth-order valence-electron chi connectivity index (χ4n) is 2.79. The van der Waals surface area contributed by atoms with Gasteiger partial charge in [-0.1, -0.05) is 60.7 Å². The quantitative estimate of drug-likeness (QED) is 0.815. The molecule has 20 heavy (non-hydrogen) atoms. The molecule has 0 saturated heterocycles. The Morgan fingerprint density at radius 1 is 0.950 bits per heavy atom. The van der Waals surface area contributed by atoms with E-state index in [1.165, 1.54) is 0 Å². The summed E-state index contributed by atoms with van der Waals surface area (Å²) in [5.74, 6) is 0.301. The highest BCUT2D eigenvalue weighted by molar-refractivity contribution is 7.74. The predicted octanol–water partition coefficient (Wildman–Crippen LogP) is 4.88. The first-order valence-corrected chi connectivity index (χ1v) is 8.87. The van der Waals surface area contributed by atoms with Crippen LogP contribution in [0.5, 0.6) is 0 Å². The van der Waals surface area contributed by atoms with Gasteiger partial charge in [-0.25, -0.2) is 0 Å². The fourth-order valence-corrected chi connectivity index (χ4v) is 5.90. The van der Waals surface area contributed by atoms with Crippen LogP contribution in [0.1, 0.15) is 17.5 Å². The van der Waals surface area contributed by atoms with Crippen LogP contribution in [-0.4, -0.2) is 11.3 Å². The maximum atomic E-state index is 13.3. The Morgan fingerprint density at radius 3 is 2.20 bits per heavy atom. The number of rotatable bonds is 3. The number of allylic oxidation sites excluding steroid dienone is 1. The Bertz CT molecular complexity index is 675. The van der Waals surface area contributed by atoms with Gasteiger partial charge in [0, 0.05) is 18.7 Å². The number of benzene rings is 2. The molecule has 0 unspecified atom stereocenters. The Kier molecular flexibility index (Phi) is 3.50. The molecule has 1 atom stereocenters. The van der Waals surface area contributed by atoms with Crippen LogP contribution >= 0.6 is 7.14 Å². The molecule has 1 N–H and O–H groups in total. The van der Waals surface area contributed by atoms with E-state index in [4.69, 9.17) is 0 Å². The van der Waals surface area contributed by atoms with Crippen molar-refractivity contribution in [3.63, 3.8) is 0 Å². The Balaban J connectivity index is 1.99. The summed E-state index contributed by atoms with van der Waals surface area (Å²) < 4.78 is 13.3. The molecule has 0 saturated carbocycles.